The minimum absolute atomic E-state index is 0.150. The zero-order valence-corrected chi connectivity index (χ0v) is 16.2. The fraction of sp³-hybridized carbons (Fsp3) is 0.800. The Labute approximate surface area is 160 Å². The van der Waals surface area contributed by atoms with Crippen LogP contribution in [0, 0.1) is 11.8 Å². The van der Waals surface area contributed by atoms with Crippen molar-refractivity contribution in [1.82, 2.24) is 10.2 Å². The molecule has 0 bridgehead atoms. The Hall–Kier alpha value is -1.76. The molecule has 0 aromatic rings. The summed E-state index contributed by atoms with van der Waals surface area (Å²) in [5.74, 6) is -2.29. The van der Waals surface area contributed by atoms with Crippen molar-refractivity contribution >= 4 is 23.6 Å². The van der Waals surface area contributed by atoms with Crippen LogP contribution < -0.4 is 11.1 Å². The number of piperidine rings is 1. The molecule has 150 valence electrons. The number of rotatable bonds is 5. The van der Waals surface area contributed by atoms with Crippen LogP contribution in [0.5, 0.6) is 0 Å². The highest BCUT2D eigenvalue weighted by Crippen LogP contribution is 2.40. The molecule has 7 nitrogen and oxygen atoms in total. The SMILES string of the molecule is CCCC1C(=O)N(C2CCC(=O)NC2=O)C(=O)C1CC1(N)CCCCCC1. The zero-order valence-electron chi connectivity index (χ0n) is 16.2. The average molecular weight is 377 g/mol. The molecule has 3 fully saturated rings. The molecule has 0 radical (unpaired) electrons. The molecule has 2 saturated heterocycles. The van der Waals surface area contributed by atoms with Crippen molar-refractivity contribution in [2.75, 3.05) is 0 Å². The lowest BCUT2D eigenvalue weighted by Gasteiger charge is -2.32. The van der Waals surface area contributed by atoms with Crippen LogP contribution in [0.2, 0.25) is 0 Å². The van der Waals surface area contributed by atoms with E-state index in [0.717, 1.165) is 49.8 Å². The standard InChI is InChI=1S/C20H31N3O4/c1-2-7-13-14(12-20(21)10-5-3-4-6-11-20)19(27)23(18(13)26)15-8-9-16(24)22-17(15)25/h13-15H,2-12,21H2,1H3,(H,22,24,25). The first-order valence-electron chi connectivity index (χ1n) is 10.4. The summed E-state index contributed by atoms with van der Waals surface area (Å²) >= 11 is 0. The van der Waals surface area contributed by atoms with Crippen LogP contribution in [0.15, 0.2) is 0 Å². The Bertz CT molecular complexity index is 625. The monoisotopic (exact) mass is 377 g/mol. The van der Waals surface area contributed by atoms with Crippen molar-refractivity contribution < 1.29 is 19.2 Å². The molecular weight excluding hydrogens is 346 g/mol. The fourth-order valence-corrected chi connectivity index (χ4v) is 4.99. The molecule has 0 spiro atoms. The third-order valence-corrected chi connectivity index (χ3v) is 6.44. The van der Waals surface area contributed by atoms with Gasteiger partial charge in [0.15, 0.2) is 0 Å². The van der Waals surface area contributed by atoms with Gasteiger partial charge in [0.05, 0.1) is 11.8 Å². The first kappa shape index (κ1) is 20.0. The number of nitrogens with zero attached hydrogens (tertiary/aromatic N) is 1. The molecule has 7 heteroatoms. The van der Waals surface area contributed by atoms with Crippen LogP contribution in [0.3, 0.4) is 0 Å². The number of hydrogen-bond donors (Lipinski definition) is 2. The number of likely N-dealkylation sites (tertiary alicyclic amines) is 1. The van der Waals surface area contributed by atoms with Gasteiger partial charge in [-0.05, 0) is 32.1 Å². The normalized spacial score (nSPS) is 31.8. The van der Waals surface area contributed by atoms with Crippen molar-refractivity contribution in [3.8, 4) is 0 Å². The third kappa shape index (κ3) is 4.08. The Morgan fingerprint density at radius 3 is 2.26 bits per heavy atom. The zero-order chi connectivity index (χ0) is 19.6. The van der Waals surface area contributed by atoms with Gasteiger partial charge in [0.25, 0.3) is 0 Å². The van der Waals surface area contributed by atoms with Gasteiger partial charge in [-0.25, -0.2) is 0 Å². The molecule has 1 saturated carbocycles. The van der Waals surface area contributed by atoms with Gasteiger partial charge in [0, 0.05) is 12.0 Å². The van der Waals surface area contributed by atoms with E-state index in [1.807, 2.05) is 6.92 Å². The highest BCUT2D eigenvalue weighted by Gasteiger charge is 2.53. The van der Waals surface area contributed by atoms with Gasteiger partial charge in [-0.15, -0.1) is 0 Å². The van der Waals surface area contributed by atoms with Crippen molar-refractivity contribution in [1.29, 1.82) is 0 Å². The second-order valence-electron chi connectivity index (χ2n) is 8.50. The van der Waals surface area contributed by atoms with Crippen LogP contribution in [-0.2, 0) is 19.2 Å². The number of carbonyl (C=O) groups is 4. The molecule has 0 aromatic carbocycles. The second kappa shape index (κ2) is 8.09. The topological polar surface area (TPSA) is 110 Å². The van der Waals surface area contributed by atoms with Crippen LogP contribution in [0.25, 0.3) is 0 Å². The quantitative estimate of drug-likeness (QED) is 0.559. The summed E-state index contributed by atoms with van der Waals surface area (Å²) in [5.41, 5.74) is 6.26. The number of nitrogens with one attached hydrogen (secondary N) is 1. The highest BCUT2D eigenvalue weighted by molar-refractivity contribution is 6.10. The largest absolute Gasteiger partial charge is 0.325 e. The van der Waals surface area contributed by atoms with Crippen LogP contribution in [0.1, 0.15) is 77.6 Å². The molecule has 2 aliphatic heterocycles. The van der Waals surface area contributed by atoms with Gasteiger partial charge in [-0.3, -0.25) is 29.4 Å². The first-order chi connectivity index (χ1) is 12.9. The summed E-state index contributed by atoms with van der Waals surface area (Å²) in [6.45, 7) is 1.99. The number of hydrogen-bond acceptors (Lipinski definition) is 5. The predicted octanol–water partition coefficient (Wildman–Crippen LogP) is 1.63. The first-order valence-corrected chi connectivity index (χ1v) is 10.4. The number of imide groups is 2. The van der Waals surface area contributed by atoms with Crippen molar-refractivity contribution in [2.24, 2.45) is 17.6 Å². The second-order valence-corrected chi connectivity index (χ2v) is 8.50. The van der Waals surface area contributed by atoms with Gasteiger partial charge in [-0.2, -0.15) is 0 Å². The molecule has 4 amide bonds. The number of amides is 4. The van der Waals surface area contributed by atoms with Gasteiger partial charge >= 0.3 is 0 Å². The Kier molecular flexibility index (Phi) is 5.99. The Morgan fingerprint density at radius 1 is 1.04 bits per heavy atom. The molecule has 27 heavy (non-hydrogen) atoms. The van der Waals surface area contributed by atoms with E-state index < -0.39 is 29.3 Å². The average Bonchev–Trinajstić information content (AvgIpc) is 2.77. The van der Waals surface area contributed by atoms with E-state index in [4.69, 9.17) is 5.73 Å². The summed E-state index contributed by atoms with van der Waals surface area (Å²) in [5, 5.41) is 2.26. The molecule has 1 aliphatic carbocycles. The van der Waals surface area contributed by atoms with Crippen molar-refractivity contribution in [3.63, 3.8) is 0 Å². The minimum Gasteiger partial charge on any atom is -0.325 e. The molecule has 3 unspecified atom stereocenters. The lowest BCUT2D eigenvalue weighted by atomic mass is 9.77. The van der Waals surface area contributed by atoms with Crippen molar-refractivity contribution in [3.05, 3.63) is 0 Å². The van der Waals surface area contributed by atoms with Gasteiger partial charge in [0.2, 0.25) is 23.6 Å². The van der Waals surface area contributed by atoms with Gasteiger partial charge in [-0.1, -0.05) is 39.0 Å². The highest BCUT2D eigenvalue weighted by atomic mass is 16.2. The van der Waals surface area contributed by atoms with E-state index in [9.17, 15) is 19.2 Å². The summed E-state index contributed by atoms with van der Waals surface area (Å²) in [7, 11) is 0. The minimum atomic E-state index is -0.866. The molecule has 3 atom stereocenters. The van der Waals surface area contributed by atoms with Gasteiger partial charge < -0.3 is 5.73 Å². The third-order valence-electron chi connectivity index (χ3n) is 6.44. The molecule has 3 aliphatic rings. The van der Waals surface area contributed by atoms with E-state index in [0.29, 0.717) is 12.8 Å². The van der Waals surface area contributed by atoms with E-state index in [1.54, 1.807) is 0 Å². The Morgan fingerprint density at radius 2 is 1.67 bits per heavy atom. The van der Waals surface area contributed by atoms with E-state index >= 15 is 0 Å². The lowest BCUT2D eigenvalue weighted by Crippen LogP contribution is -2.54. The Balaban J connectivity index is 1.82. The maximum Gasteiger partial charge on any atom is 0.249 e. The van der Waals surface area contributed by atoms with Crippen LogP contribution in [0.4, 0.5) is 0 Å². The lowest BCUT2D eigenvalue weighted by molar-refractivity contribution is -0.151. The van der Waals surface area contributed by atoms with Crippen LogP contribution in [-0.4, -0.2) is 40.1 Å². The smallest absolute Gasteiger partial charge is 0.249 e. The summed E-state index contributed by atoms with van der Waals surface area (Å²) in [6.07, 6.45) is 8.47. The maximum absolute atomic E-state index is 13.2. The summed E-state index contributed by atoms with van der Waals surface area (Å²) < 4.78 is 0. The maximum atomic E-state index is 13.2. The summed E-state index contributed by atoms with van der Waals surface area (Å²) in [6, 6.07) is -0.866. The van der Waals surface area contributed by atoms with Crippen LogP contribution >= 0.6 is 0 Å². The predicted molar refractivity (Wildman–Crippen MR) is 99.2 cm³/mol. The summed E-state index contributed by atoms with van der Waals surface area (Å²) in [4.78, 5) is 51.1. The van der Waals surface area contributed by atoms with E-state index in [-0.39, 0.29) is 30.6 Å². The van der Waals surface area contributed by atoms with Crippen molar-refractivity contribution in [2.45, 2.75) is 89.1 Å². The van der Waals surface area contributed by atoms with E-state index in [1.165, 1.54) is 0 Å². The number of carbonyl (C=O) groups excluding carboxylic acids is 4. The fourth-order valence-electron chi connectivity index (χ4n) is 4.99. The van der Waals surface area contributed by atoms with Gasteiger partial charge in [0.1, 0.15) is 6.04 Å². The van der Waals surface area contributed by atoms with E-state index in [2.05, 4.69) is 5.32 Å². The molecule has 0 aromatic heterocycles. The molecule has 3 rings (SSSR count). The number of nitrogens with two attached hydrogens (primary N) is 1. The molecule has 3 N–H and O–H groups in total. The molecule has 2 heterocycles. The molecular formula is C20H31N3O4.